The number of ether oxygens (including phenoxy) is 1. The van der Waals surface area contributed by atoms with E-state index in [4.69, 9.17) is 15.6 Å². The van der Waals surface area contributed by atoms with Crippen LogP contribution in [-0.4, -0.2) is 37.3 Å². The first-order valence-electron chi connectivity index (χ1n) is 5.86. The van der Waals surface area contributed by atoms with Crippen LogP contribution >= 0.6 is 0 Å². The Morgan fingerprint density at radius 2 is 2.28 bits per heavy atom. The molecule has 0 aliphatic rings. The lowest BCUT2D eigenvalue weighted by molar-refractivity contribution is -0.123. The maximum atomic E-state index is 11.4. The minimum Gasteiger partial charge on any atom is -0.496 e. The summed E-state index contributed by atoms with van der Waals surface area (Å²) in [4.78, 5) is 11.4. The predicted molar refractivity (Wildman–Crippen MR) is 69.5 cm³/mol. The molecule has 1 aromatic carbocycles. The second-order valence-corrected chi connectivity index (χ2v) is 4.15. The third-order valence-electron chi connectivity index (χ3n) is 2.66. The van der Waals surface area contributed by atoms with Gasteiger partial charge in [-0.15, -0.1) is 0 Å². The Balaban J connectivity index is 2.53. The first-order valence-corrected chi connectivity index (χ1v) is 5.86. The molecule has 0 saturated heterocycles. The van der Waals surface area contributed by atoms with Gasteiger partial charge < -0.3 is 20.9 Å². The van der Waals surface area contributed by atoms with Gasteiger partial charge in [-0.1, -0.05) is 17.7 Å². The van der Waals surface area contributed by atoms with Crippen molar-refractivity contribution in [2.24, 2.45) is 5.73 Å². The van der Waals surface area contributed by atoms with Crippen molar-refractivity contribution in [2.75, 3.05) is 20.3 Å². The molecule has 5 heteroatoms. The highest BCUT2D eigenvalue weighted by atomic mass is 16.5. The van der Waals surface area contributed by atoms with Crippen molar-refractivity contribution in [1.82, 2.24) is 5.32 Å². The van der Waals surface area contributed by atoms with E-state index in [1.54, 1.807) is 7.11 Å². The summed E-state index contributed by atoms with van der Waals surface area (Å²) in [5.41, 5.74) is 7.57. The number of benzene rings is 1. The van der Waals surface area contributed by atoms with Gasteiger partial charge in [0, 0.05) is 6.54 Å². The van der Waals surface area contributed by atoms with Gasteiger partial charge in [0.25, 0.3) is 0 Å². The van der Waals surface area contributed by atoms with Gasteiger partial charge in [0.2, 0.25) is 5.91 Å². The van der Waals surface area contributed by atoms with Crippen LogP contribution in [0.2, 0.25) is 0 Å². The smallest absolute Gasteiger partial charge is 0.239 e. The van der Waals surface area contributed by atoms with Crippen molar-refractivity contribution in [3.63, 3.8) is 0 Å². The van der Waals surface area contributed by atoms with Gasteiger partial charge in [-0.05, 0) is 25.0 Å². The minimum atomic E-state index is -0.857. The second-order valence-electron chi connectivity index (χ2n) is 4.15. The van der Waals surface area contributed by atoms with E-state index in [0.717, 1.165) is 16.9 Å². The van der Waals surface area contributed by atoms with Gasteiger partial charge in [0.05, 0.1) is 13.7 Å². The van der Waals surface area contributed by atoms with Gasteiger partial charge in [-0.2, -0.15) is 0 Å². The van der Waals surface area contributed by atoms with Gasteiger partial charge in [0.1, 0.15) is 11.8 Å². The van der Waals surface area contributed by atoms with Gasteiger partial charge in [-0.25, -0.2) is 0 Å². The lowest BCUT2D eigenvalue weighted by Gasteiger charge is -2.12. The topological polar surface area (TPSA) is 84.6 Å². The fraction of sp³-hybridized carbons (Fsp3) is 0.462. The number of aliphatic hydroxyl groups is 1. The molecule has 18 heavy (non-hydrogen) atoms. The fourth-order valence-corrected chi connectivity index (χ4v) is 1.64. The highest BCUT2D eigenvalue weighted by molar-refractivity contribution is 5.81. The molecule has 1 unspecified atom stereocenters. The summed E-state index contributed by atoms with van der Waals surface area (Å²) in [6.45, 7) is 2.12. The number of hydrogen-bond acceptors (Lipinski definition) is 4. The SMILES string of the molecule is COc1ccc(C)cc1CCNC(=O)C(N)CO. The number of aliphatic hydroxyl groups excluding tert-OH is 1. The molecular formula is C13H20N2O3. The number of nitrogens with one attached hydrogen (secondary N) is 1. The summed E-state index contributed by atoms with van der Waals surface area (Å²) in [5.74, 6) is 0.463. The van der Waals surface area contributed by atoms with Crippen molar-refractivity contribution in [3.8, 4) is 5.75 Å². The normalized spacial score (nSPS) is 12.0. The molecule has 100 valence electrons. The largest absolute Gasteiger partial charge is 0.496 e. The Bertz CT molecular complexity index is 407. The van der Waals surface area contributed by atoms with E-state index >= 15 is 0 Å². The van der Waals surface area contributed by atoms with Crippen LogP contribution in [0.5, 0.6) is 5.75 Å². The van der Waals surface area contributed by atoms with Crippen LogP contribution in [0.3, 0.4) is 0 Å². The van der Waals surface area contributed by atoms with Crippen molar-refractivity contribution in [1.29, 1.82) is 0 Å². The number of hydrogen-bond donors (Lipinski definition) is 3. The zero-order valence-corrected chi connectivity index (χ0v) is 10.8. The van der Waals surface area contributed by atoms with E-state index < -0.39 is 6.04 Å². The maximum absolute atomic E-state index is 11.4. The number of nitrogens with two attached hydrogens (primary N) is 1. The molecule has 5 nitrogen and oxygen atoms in total. The van der Waals surface area contributed by atoms with E-state index in [1.165, 1.54) is 0 Å². The average molecular weight is 252 g/mol. The number of aryl methyl sites for hydroxylation is 1. The summed E-state index contributed by atoms with van der Waals surface area (Å²) < 4.78 is 5.25. The van der Waals surface area contributed by atoms with Crippen molar-refractivity contribution in [3.05, 3.63) is 29.3 Å². The summed E-state index contributed by atoms with van der Waals surface area (Å²) in [6, 6.07) is 5.05. The van der Waals surface area contributed by atoms with E-state index in [9.17, 15) is 4.79 Å². The second kappa shape index (κ2) is 6.98. The van der Waals surface area contributed by atoms with Crippen molar-refractivity contribution >= 4 is 5.91 Å². The standard InChI is InChI=1S/C13H20N2O3/c1-9-3-4-12(18-2)10(7-9)5-6-15-13(17)11(14)8-16/h3-4,7,11,16H,5-6,8,14H2,1-2H3,(H,15,17). The number of methoxy groups -OCH3 is 1. The molecule has 0 bridgehead atoms. The number of rotatable bonds is 6. The highest BCUT2D eigenvalue weighted by Gasteiger charge is 2.11. The van der Waals surface area contributed by atoms with Crippen LogP contribution in [0.25, 0.3) is 0 Å². The Hall–Kier alpha value is -1.59. The maximum Gasteiger partial charge on any atom is 0.239 e. The zero-order valence-electron chi connectivity index (χ0n) is 10.8. The molecule has 0 aromatic heterocycles. The van der Waals surface area contributed by atoms with E-state index in [1.807, 2.05) is 25.1 Å². The third kappa shape index (κ3) is 4.01. The fourth-order valence-electron chi connectivity index (χ4n) is 1.64. The van der Waals surface area contributed by atoms with Crippen LogP contribution < -0.4 is 15.8 Å². The van der Waals surface area contributed by atoms with E-state index in [2.05, 4.69) is 5.32 Å². The molecule has 0 aliphatic heterocycles. The molecule has 1 atom stereocenters. The van der Waals surface area contributed by atoms with Crippen LogP contribution in [-0.2, 0) is 11.2 Å². The molecule has 0 saturated carbocycles. The molecule has 0 heterocycles. The molecule has 1 amide bonds. The molecular weight excluding hydrogens is 232 g/mol. The summed E-state index contributed by atoms with van der Waals surface area (Å²) in [7, 11) is 1.62. The van der Waals surface area contributed by atoms with Crippen molar-refractivity contribution < 1.29 is 14.6 Å². The third-order valence-corrected chi connectivity index (χ3v) is 2.66. The van der Waals surface area contributed by atoms with Gasteiger partial charge in [-0.3, -0.25) is 4.79 Å². The molecule has 0 spiro atoms. The van der Waals surface area contributed by atoms with Crippen LogP contribution in [0.1, 0.15) is 11.1 Å². The zero-order chi connectivity index (χ0) is 13.5. The minimum absolute atomic E-state index is 0.343. The van der Waals surface area contributed by atoms with Crippen LogP contribution in [0, 0.1) is 6.92 Å². The van der Waals surface area contributed by atoms with Crippen molar-refractivity contribution in [2.45, 2.75) is 19.4 Å². The summed E-state index contributed by atoms with van der Waals surface area (Å²) >= 11 is 0. The lowest BCUT2D eigenvalue weighted by atomic mass is 10.1. The Morgan fingerprint density at radius 3 is 2.89 bits per heavy atom. The lowest BCUT2D eigenvalue weighted by Crippen LogP contribution is -2.43. The number of carbonyl (C=O) groups is 1. The molecule has 1 rings (SSSR count). The predicted octanol–water partition coefficient (Wildman–Crippen LogP) is -0.0181. The molecule has 0 aliphatic carbocycles. The molecule has 4 N–H and O–H groups in total. The molecule has 0 fully saturated rings. The Labute approximate surface area is 107 Å². The number of amides is 1. The Morgan fingerprint density at radius 1 is 1.56 bits per heavy atom. The quantitative estimate of drug-likeness (QED) is 0.664. The molecule has 1 aromatic rings. The monoisotopic (exact) mass is 252 g/mol. The summed E-state index contributed by atoms with van der Waals surface area (Å²) in [6.07, 6.45) is 0.661. The number of carbonyl (C=O) groups excluding carboxylic acids is 1. The Kier molecular flexibility index (Phi) is 5.61. The van der Waals surface area contributed by atoms with Gasteiger partial charge >= 0.3 is 0 Å². The van der Waals surface area contributed by atoms with Crippen LogP contribution in [0.4, 0.5) is 0 Å². The average Bonchev–Trinajstić information content (AvgIpc) is 2.38. The van der Waals surface area contributed by atoms with Gasteiger partial charge in [0.15, 0.2) is 0 Å². The van der Waals surface area contributed by atoms with E-state index in [0.29, 0.717) is 13.0 Å². The first-order chi connectivity index (χ1) is 8.58. The first kappa shape index (κ1) is 14.5. The van der Waals surface area contributed by atoms with E-state index in [-0.39, 0.29) is 12.5 Å². The molecule has 0 radical (unpaired) electrons. The highest BCUT2D eigenvalue weighted by Crippen LogP contribution is 2.19. The summed E-state index contributed by atoms with van der Waals surface area (Å²) in [5, 5.41) is 11.4. The van der Waals surface area contributed by atoms with Crippen LogP contribution in [0.15, 0.2) is 18.2 Å².